The fourth-order valence-corrected chi connectivity index (χ4v) is 5.55. The van der Waals surface area contributed by atoms with Gasteiger partial charge in [-0.15, -0.1) is 0 Å². The highest BCUT2D eigenvalue weighted by molar-refractivity contribution is 5.99. The van der Waals surface area contributed by atoms with Gasteiger partial charge in [-0.1, -0.05) is 48.5 Å². The lowest BCUT2D eigenvalue weighted by atomic mass is 9.69. The summed E-state index contributed by atoms with van der Waals surface area (Å²) in [5.74, 6) is -0.737. The van der Waals surface area contributed by atoms with E-state index in [1.54, 1.807) is 27.1 Å². The summed E-state index contributed by atoms with van der Waals surface area (Å²) in [5, 5.41) is 5.36. The van der Waals surface area contributed by atoms with Crippen LogP contribution >= 0.6 is 0 Å². The van der Waals surface area contributed by atoms with Gasteiger partial charge in [-0.25, -0.2) is 5.43 Å². The molecule has 0 saturated carbocycles. The number of aromatic amines is 1. The van der Waals surface area contributed by atoms with Crippen molar-refractivity contribution in [3.8, 4) is 0 Å². The molecule has 38 heavy (non-hydrogen) atoms. The molecular weight excluding hydrogens is 480 g/mol. The second-order valence-corrected chi connectivity index (χ2v) is 11.0. The molecule has 3 heterocycles. The molecule has 2 aliphatic rings. The number of nitrogens with two attached hydrogens (primary N) is 1. The second-order valence-electron chi connectivity index (χ2n) is 11.0. The van der Waals surface area contributed by atoms with Crippen LogP contribution in [0.2, 0.25) is 0 Å². The Morgan fingerprint density at radius 1 is 1.18 bits per heavy atom. The van der Waals surface area contributed by atoms with Gasteiger partial charge in [0, 0.05) is 36.8 Å². The Labute approximate surface area is 221 Å². The molecule has 2 aliphatic heterocycles. The van der Waals surface area contributed by atoms with Crippen LogP contribution in [0.3, 0.4) is 0 Å². The van der Waals surface area contributed by atoms with Crippen molar-refractivity contribution in [2.75, 3.05) is 7.05 Å². The Hall–Kier alpha value is -3.82. The molecule has 9 heteroatoms. The van der Waals surface area contributed by atoms with E-state index in [4.69, 9.17) is 5.73 Å². The van der Waals surface area contributed by atoms with Crippen LogP contribution in [-0.2, 0) is 27.2 Å². The summed E-state index contributed by atoms with van der Waals surface area (Å²) >= 11 is 0. The number of para-hydroxylation sites is 1. The molecule has 2 amide bonds. The molecular formula is C29H34N6O3. The number of fused-ring (bicyclic) bond motifs is 2. The third-order valence-corrected chi connectivity index (χ3v) is 7.66. The number of Topliss-reactive ketones (excluding diaryl/α,β-unsaturated/α-hetero) is 1. The molecule has 1 unspecified atom stereocenters. The number of benzene rings is 2. The normalized spacial score (nSPS) is 23.9. The number of rotatable bonds is 8. The molecule has 198 valence electrons. The maximum Gasteiger partial charge on any atom is 0.245 e. The summed E-state index contributed by atoms with van der Waals surface area (Å²) in [6, 6.07) is 15.6. The fraction of sp³-hybridized carbons (Fsp3) is 0.379. The van der Waals surface area contributed by atoms with Crippen molar-refractivity contribution in [3.63, 3.8) is 0 Å². The minimum Gasteiger partial charge on any atom is -0.361 e. The molecule has 0 bridgehead atoms. The van der Waals surface area contributed by atoms with Crippen molar-refractivity contribution in [1.82, 2.24) is 20.7 Å². The maximum absolute atomic E-state index is 14.1. The van der Waals surface area contributed by atoms with E-state index in [0.29, 0.717) is 6.42 Å². The van der Waals surface area contributed by atoms with E-state index < -0.39 is 28.9 Å². The van der Waals surface area contributed by atoms with Crippen molar-refractivity contribution >= 4 is 34.7 Å². The zero-order chi connectivity index (χ0) is 27.1. The monoisotopic (exact) mass is 514 g/mol. The summed E-state index contributed by atoms with van der Waals surface area (Å²) in [6.07, 6.45) is 4.54. The highest BCUT2D eigenvalue weighted by atomic mass is 16.2. The number of ketones is 1. The standard InChI is InChI=1S/C29H34N6O3/c1-28(2,30)26(37)33-22(13-19-16-31-21-12-8-7-11-20(19)21)25(36)23-15-29(14-18-9-5-4-6-10-18)24(17-32-23)34-35(3)27(29)38/h4-12,16-17,22-24,31,34H,13-15,30H2,1-3H3,(H,33,37)/t22-,23+,24?,29-/m1/s1. The fourth-order valence-electron chi connectivity index (χ4n) is 5.55. The second kappa shape index (κ2) is 9.81. The van der Waals surface area contributed by atoms with Gasteiger partial charge in [0.05, 0.1) is 23.0 Å². The topological polar surface area (TPSA) is 133 Å². The first-order valence-corrected chi connectivity index (χ1v) is 12.9. The molecule has 0 spiro atoms. The number of H-pyrrole nitrogens is 1. The van der Waals surface area contributed by atoms with E-state index >= 15 is 0 Å². The average molecular weight is 515 g/mol. The van der Waals surface area contributed by atoms with E-state index in [0.717, 1.165) is 22.0 Å². The van der Waals surface area contributed by atoms with Gasteiger partial charge in [-0.2, -0.15) is 0 Å². The van der Waals surface area contributed by atoms with E-state index in [1.165, 1.54) is 5.01 Å². The smallest absolute Gasteiger partial charge is 0.245 e. The maximum atomic E-state index is 14.1. The van der Waals surface area contributed by atoms with Gasteiger partial charge in [-0.3, -0.25) is 24.4 Å². The molecule has 9 nitrogen and oxygen atoms in total. The van der Waals surface area contributed by atoms with E-state index in [9.17, 15) is 14.4 Å². The molecule has 5 rings (SSSR count). The van der Waals surface area contributed by atoms with Crippen molar-refractivity contribution in [2.24, 2.45) is 16.1 Å². The highest BCUT2D eigenvalue weighted by Gasteiger charge is 2.56. The molecule has 0 aliphatic carbocycles. The first kappa shape index (κ1) is 25.8. The predicted octanol–water partition coefficient (Wildman–Crippen LogP) is 1.92. The molecule has 1 aromatic heterocycles. The van der Waals surface area contributed by atoms with E-state index in [1.807, 2.05) is 60.8 Å². The van der Waals surface area contributed by atoms with Gasteiger partial charge in [0.1, 0.15) is 6.04 Å². The molecule has 4 atom stereocenters. The zero-order valence-corrected chi connectivity index (χ0v) is 21.9. The molecule has 2 aromatic carbocycles. The number of carbonyl (C=O) groups is 3. The third-order valence-electron chi connectivity index (χ3n) is 7.66. The van der Waals surface area contributed by atoms with Gasteiger partial charge in [-0.05, 0) is 43.9 Å². The highest BCUT2D eigenvalue weighted by Crippen LogP contribution is 2.41. The number of hydrogen-bond donors (Lipinski definition) is 4. The van der Waals surface area contributed by atoms with Crippen LogP contribution < -0.4 is 16.5 Å². The average Bonchev–Trinajstić information content (AvgIpc) is 3.41. The van der Waals surface area contributed by atoms with Crippen molar-refractivity contribution in [3.05, 3.63) is 71.9 Å². The lowest BCUT2D eigenvalue weighted by molar-refractivity contribution is -0.137. The molecule has 1 saturated heterocycles. The Morgan fingerprint density at radius 3 is 2.63 bits per heavy atom. The van der Waals surface area contributed by atoms with Gasteiger partial charge in [0.2, 0.25) is 11.8 Å². The third kappa shape index (κ3) is 4.75. The molecule has 5 N–H and O–H groups in total. The molecule has 3 aromatic rings. The lowest BCUT2D eigenvalue weighted by Crippen LogP contribution is -2.57. The van der Waals surface area contributed by atoms with Crippen LogP contribution in [0.1, 0.15) is 31.4 Å². The van der Waals surface area contributed by atoms with E-state index in [-0.39, 0.29) is 30.6 Å². The van der Waals surface area contributed by atoms with Gasteiger partial charge >= 0.3 is 0 Å². The quantitative estimate of drug-likeness (QED) is 0.365. The van der Waals surface area contributed by atoms with Crippen LogP contribution in [0.4, 0.5) is 0 Å². The summed E-state index contributed by atoms with van der Waals surface area (Å²) < 4.78 is 0. The van der Waals surface area contributed by atoms with Gasteiger partial charge in [0.15, 0.2) is 5.78 Å². The number of hydrogen-bond acceptors (Lipinski definition) is 6. The van der Waals surface area contributed by atoms with Crippen LogP contribution in [0.5, 0.6) is 0 Å². The minimum atomic E-state index is -1.16. The van der Waals surface area contributed by atoms with Crippen LogP contribution in [-0.4, -0.2) is 64.5 Å². The first-order chi connectivity index (χ1) is 18.1. The number of nitrogens with one attached hydrogen (secondary N) is 3. The summed E-state index contributed by atoms with van der Waals surface area (Å²) in [6.45, 7) is 3.21. The molecule has 1 fully saturated rings. The summed E-state index contributed by atoms with van der Waals surface area (Å²) in [4.78, 5) is 48.4. The number of aliphatic imine (C=N–C) groups is 1. The number of amides is 2. The number of aromatic nitrogens is 1. The van der Waals surface area contributed by atoms with Crippen LogP contribution in [0.15, 0.2) is 65.8 Å². The first-order valence-electron chi connectivity index (χ1n) is 12.9. The summed E-state index contributed by atoms with van der Waals surface area (Å²) in [5.41, 5.74) is 10.1. The number of hydrazine groups is 1. The Balaban J connectivity index is 1.46. The summed E-state index contributed by atoms with van der Waals surface area (Å²) in [7, 11) is 1.70. The minimum absolute atomic E-state index is 0.0735. The lowest BCUT2D eigenvalue weighted by Gasteiger charge is -2.36. The zero-order valence-electron chi connectivity index (χ0n) is 21.9. The van der Waals surface area contributed by atoms with Gasteiger partial charge < -0.3 is 16.0 Å². The SMILES string of the molecule is CN1NC2C=N[C@H](C(=O)[C@@H](Cc3c[nH]c4ccccc34)NC(=O)C(C)(C)N)C[C@@]2(Cc2ccccc2)C1=O. The number of nitrogens with zero attached hydrogens (tertiary/aromatic N) is 2. The van der Waals surface area contributed by atoms with Crippen molar-refractivity contribution in [1.29, 1.82) is 0 Å². The van der Waals surface area contributed by atoms with E-state index in [2.05, 4.69) is 20.7 Å². The van der Waals surface area contributed by atoms with Crippen molar-refractivity contribution < 1.29 is 14.4 Å². The predicted molar refractivity (Wildman–Crippen MR) is 146 cm³/mol. The van der Waals surface area contributed by atoms with Crippen molar-refractivity contribution in [2.45, 2.75) is 56.8 Å². The van der Waals surface area contributed by atoms with Crippen LogP contribution in [0.25, 0.3) is 10.9 Å². The molecule has 0 radical (unpaired) electrons. The Morgan fingerprint density at radius 2 is 1.89 bits per heavy atom. The Bertz CT molecular complexity index is 1390. The number of carbonyl (C=O) groups excluding carboxylic acids is 3. The van der Waals surface area contributed by atoms with Crippen LogP contribution in [0, 0.1) is 5.41 Å². The Kier molecular flexibility index (Phi) is 6.66. The largest absolute Gasteiger partial charge is 0.361 e. The van der Waals surface area contributed by atoms with Gasteiger partial charge in [0.25, 0.3) is 0 Å².